The van der Waals surface area contributed by atoms with Crippen molar-refractivity contribution in [3.05, 3.63) is 146 Å². The Morgan fingerprint density at radius 2 is 0.315 bits per heavy atom. The predicted molar refractivity (Wildman–Crippen MR) is 237 cm³/mol. The third-order valence-corrected chi connectivity index (χ3v) is 12.3. The molecule has 1 saturated heterocycles. The van der Waals surface area contributed by atoms with Crippen molar-refractivity contribution in [2.45, 2.75) is 0 Å². The van der Waals surface area contributed by atoms with Gasteiger partial charge >= 0.3 is 0 Å². The van der Waals surface area contributed by atoms with Gasteiger partial charge in [-0.05, 0) is 129 Å². The standard InChI is InChI=1S/C48H24.B3H3N3/c1-2-14-26-25(13-1)37-27-15-3-4-16-28(27)39-31-19-7-8-20-32(31)41-34-22-10-12-24-36(34)42-35-23-11-9-21-33(35)40-30-18-6-5-17-29(30)38(26)44-43(37)45(39)47(41)48(42)46(40)44;1-4-2-6-3-5-1/h1-24H;4-6H. The van der Waals surface area contributed by atoms with Crippen LogP contribution in [0.25, 0.3) is 129 Å². The van der Waals surface area contributed by atoms with Gasteiger partial charge in [-0.1, -0.05) is 146 Å². The molecule has 3 N–H and O–H groups in total. The van der Waals surface area contributed by atoms with E-state index in [4.69, 9.17) is 0 Å². The van der Waals surface area contributed by atoms with Crippen molar-refractivity contribution in [1.82, 2.24) is 15.4 Å². The average Bonchev–Trinajstić information content (AvgIpc) is 3.25. The first-order valence-corrected chi connectivity index (χ1v) is 18.7. The molecule has 1 aliphatic rings. The van der Waals surface area contributed by atoms with E-state index < -0.39 is 0 Å². The van der Waals surface area contributed by atoms with Gasteiger partial charge in [-0.25, -0.2) is 0 Å². The summed E-state index contributed by atoms with van der Waals surface area (Å²) < 4.78 is 0. The Balaban J connectivity index is 0.000000477. The molecule has 1 aliphatic heterocycles. The maximum Gasteiger partial charge on any atom is 0.284 e. The summed E-state index contributed by atoms with van der Waals surface area (Å²) in [4.78, 5) is 0. The number of hydrogen-bond donors (Lipinski definition) is 3. The number of nitrogens with one attached hydrogen (secondary N) is 3. The van der Waals surface area contributed by atoms with Gasteiger partial charge in [0.25, 0.3) is 22.6 Å². The van der Waals surface area contributed by atoms with Crippen molar-refractivity contribution >= 4 is 152 Å². The molecule has 0 saturated carbocycles. The van der Waals surface area contributed by atoms with Gasteiger partial charge in [-0.2, -0.15) is 0 Å². The van der Waals surface area contributed by atoms with Crippen molar-refractivity contribution in [2.75, 3.05) is 0 Å². The van der Waals surface area contributed by atoms with E-state index in [2.05, 4.69) is 161 Å². The highest BCUT2D eigenvalue weighted by atomic mass is 15.0. The summed E-state index contributed by atoms with van der Waals surface area (Å²) in [6.07, 6.45) is 0. The van der Waals surface area contributed by atoms with E-state index in [-0.39, 0.29) is 0 Å². The normalized spacial score (nSPS) is 13.8. The molecule has 3 nitrogen and oxygen atoms in total. The van der Waals surface area contributed by atoms with Gasteiger partial charge in [0.1, 0.15) is 0 Å². The molecular formula is C48H27B3N3. The predicted octanol–water partition coefficient (Wildman–Crippen LogP) is 11.2. The molecule has 1 fully saturated rings. The topological polar surface area (TPSA) is 36.1 Å². The van der Waals surface area contributed by atoms with Crippen LogP contribution < -0.4 is 15.4 Å². The highest BCUT2D eigenvalue weighted by molar-refractivity contribution is 6.65. The van der Waals surface area contributed by atoms with Crippen LogP contribution in [0, 0.1) is 0 Å². The third kappa shape index (κ3) is 3.52. The van der Waals surface area contributed by atoms with Crippen LogP contribution in [-0.4, -0.2) is 22.6 Å². The number of hydrogen-bond acceptors (Lipinski definition) is 3. The van der Waals surface area contributed by atoms with E-state index in [9.17, 15) is 0 Å². The van der Waals surface area contributed by atoms with Crippen molar-refractivity contribution in [3.63, 3.8) is 0 Å². The van der Waals surface area contributed by atoms with Gasteiger partial charge in [0.2, 0.25) is 0 Å². The molecule has 13 aromatic rings. The highest BCUT2D eigenvalue weighted by Gasteiger charge is 2.30. The summed E-state index contributed by atoms with van der Waals surface area (Å²) in [7, 11) is 5.16. The molecule has 0 aliphatic carbocycles. The zero-order valence-corrected chi connectivity index (χ0v) is 29.1. The van der Waals surface area contributed by atoms with Crippen molar-refractivity contribution < 1.29 is 0 Å². The van der Waals surface area contributed by atoms with E-state index >= 15 is 0 Å². The summed E-state index contributed by atoms with van der Waals surface area (Å²) in [6.45, 7) is 0. The first-order chi connectivity index (χ1) is 26.9. The molecule has 0 unspecified atom stereocenters. The Labute approximate surface area is 311 Å². The zero-order chi connectivity index (χ0) is 35.1. The molecule has 0 spiro atoms. The van der Waals surface area contributed by atoms with Gasteiger partial charge in [0.15, 0.2) is 0 Å². The molecule has 0 amide bonds. The maximum atomic E-state index is 2.78. The van der Waals surface area contributed by atoms with Crippen LogP contribution in [0.3, 0.4) is 0 Å². The monoisotopic (exact) mass is 678 g/mol. The molecule has 13 aromatic carbocycles. The van der Waals surface area contributed by atoms with Crippen molar-refractivity contribution in [2.24, 2.45) is 0 Å². The molecule has 0 atom stereocenters. The second-order valence-electron chi connectivity index (χ2n) is 14.7. The van der Waals surface area contributed by atoms with Crippen molar-refractivity contribution in [3.8, 4) is 0 Å². The molecule has 14 rings (SSSR count). The van der Waals surface area contributed by atoms with Gasteiger partial charge in [0.05, 0.1) is 0 Å². The van der Waals surface area contributed by atoms with Crippen LogP contribution in [0.4, 0.5) is 0 Å². The van der Waals surface area contributed by atoms with Crippen LogP contribution in [-0.2, 0) is 0 Å². The van der Waals surface area contributed by atoms with Crippen LogP contribution in [0.1, 0.15) is 0 Å². The van der Waals surface area contributed by atoms with E-state index in [0.29, 0.717) is 0 Å². The molecule has 0 aromatic heterocycles. The lowest BCUT2D eigenvalue weighted by Crippen LogP contribution is -2.55. The SMILES string of the molecule is [B]1N[B]N[B]N1.c1ccc2c(c1)c1c3ccccc3c3c4ccccc4c4c5ccccc5c5c6ccccc6c6c7ccccc7c2c2c1c3c4c5c62. The quantitative estimate of drug-likeness (QED) is 0.0849. The molecule has 54 heavy (non-hydrogen) atoms. The number of rotatable bonds is 0. The average molecular weight is 678 g/mol. The first kappa shape index (κ1) is 29.3. The number of fused-ring (bicyclic) bond motifs is 18. The second-order valence-corrected chi connectivity index (χ2v) is 14.7. The van der Waals surface area contributed by atoms with Crippen LogP contribution in [0.2, 0.25) is 0 Å². The summed E-state index contributed by atoms with van der Waals surface area (Å²) >= 11 is 0. The Morgan fingerprint density at radius 1 is 0.185 bits per heavy atom. The molecule has 6 heteroatoms. The van der Waals surface area contributed by atoms with Gasteiger partial charge in [-0.15, -0.1) is 0 Å². The minimum absolute atomic E-state index is 1.34. The summed E-state index contributed by atoms with van der Waals surface area (Å²) in [5.41, 5.74) is 0. The minimum atomic E-state index is 1.34. The number of benzene rings is 13. The molecule has 3 radical (unpaired) electrons. The Morgan fingerprint density at radius 3 is 0.426 bits per heavy atom. The van der Waals surface area contributed by atoms with E-state index in [1.165, 1.54) is 129 Å². The fourth-order valence-corrected chi connectivity index (χ4v) is 10.5. The molecular weight excluding hydrogens is 651 g/mol. The largest absolute Gasteiger partial charge is 0.379 e. The fourth-order valence-electron chi connectivity index (χ4n) is 10.5. The second kappa shape index (κ2) is 10.7. The van der Waals surface area contributed by atoms with Crippen LogP contribution in [0.15, 0.2) is 146 Å². The summed E-state index contributed by atoms with van der Waals surface area (Å²) in [5, 5.41) is 41.2. The van der Waals surface area contributed by atoms with E-state index in [0.717, 1.165) is 0 Å². The first-order valence-electron chi connectivity index (χ1n) is 18.7. The Hall–Kier alpha value is -6.17. The lowest BCUT2D eigenvalue weighted by molar-refractivity contribution is 1.28. The molecule has 243 valence electrons. The minimum Gasteiger partial charge on any atom is -0.379 e. The van der Waals surface area contributed by atoms with Gasteiger partial charge < -0.3 is 15.4 Å². The Kier molecular flexibility index (Phi) is 5.81. The van der Waals surface area contributed by atoms with Crippen molar-refractivity contribution in [1.29, 1.82) is 0 Å². The highest BCUT2D eigenvalue weighted by Crippen LogP contribution is 2.59. The molecule has 1 heterocycles. The van der Waals surface area contributed by atoms with E-state index in [1.54, 1.807) is 22.6 Å². The lowest BCUT2D eigenvalue weighted by atomic mass is 9.74. The smallest absolute Gasteiger partial charge is 0.284 e. The Bertz CT molecular complexity index is 2860. The maximum absolute atomic E-state index is 2.78. The third-order valence-electron chi connectivity index (χ3n) is 12.3. The lowest BCUT2D eigenvalue weighted by Gasteiger charge is -2.28. The van der Waals surface area contributed by atoms with Crippen LogP contribution >= 0.6 is 0 Å². The van der Waals surface area contributed by atoms with Gasteiger partial charge in [-0.3, -0.25) is 0 Å². The van der Waals surface area contributed by atoms with E-state index in [1.807, 2.05) is 0 Å². The van der Waals surface area contributed by atoms with Gasteiger partial charge in [0, 0.05) is 0 Å². The summed E-state index contributed by atoms with van der Waals surface area (Å²) in [6, 6.07) is 55.1. The fraction of sp³-hybridized carbons (Fsp3) is 0. The molecule has 0 bridgehead atoms. The summed E-state index contributed by atoms with van der Waals surface area (Å²) in [5.74, 6) is 0. The zero-order valence-electron chi connectivity index (χ0n) is 29.1. The van der Waals surface area contributed by atoms with Crippen LogP contribution in [0.5, 0.6) is 0 Å².